The van der Waals surface area contributed by atoms with Crippen molar-refractivity contribution in [3.8, 4) is 22.3 Å². The molecule has 2 heteroatoms. The predicted octanol–water partition coefficient (Wildman–Crippen LogP) is 5.82. The highest BCUT2D eigenvalue weighted by Crippen LogP contribution is 2.54. The molecule has 0 radical (unpaired) electrons. The molecule has 0 saturated carbocycles. The van der Waals surface area contributed by atoms with Crippen LogP contribution in [0.15, 0.2) is 65.4 Å². The van der Waals surface area contributed by atoms with E-state index in [1.807, 2.05) is 18.5 Å². The molecular weight excluding hydrogens is 334 g/mol. The largest absolute Gasteiger partial charge is 0.264 e. The fraction of sp³-hybridized carbons (Fsp3) is 0.150. The van der Waals surface area contributed by atoms with Crippen LogP contribution < -0.4 is 0 Å². The Hall–Kier alpha value is -1.93. The molecule has 0 fully saturated rings. The maximum atomic E-state index is 4.29. The van der Waals surface area contributed by atoms with Crippen molar-refractivity contribution in [2.45, 2.75) is 19.3 Å². The molecule has 2 aromatic carbocycles. The fourth-order valence-corrected chi connectivity index (χ4v) is 4.18. The van der Waals surface area contributed by atoms with Gasteiger partial charge >= 0.3 is 0 Å². The Morgan fingerprint density at radius 1 is 0.909 bits per heavy atom. The van der Waals surface area contributed by atoms with Gasteiger partial charge in [0.05, 0.1) is 0 Å². The third kappa shape index (κ3) is 1.80. The molecule has 0 unspecified atom stereocenters. The molecule has 108 valence electrons. The summed E-state index contributed by atoms with van der Waals surface area (Å²) in [5, 5.41) is 0. The van der Waals surface area contributed by atoms with Crippen LogP contribution in [-0.4, -0.2) is 4.98 Å². The van der Waals surface area contributed by atoms with Gasteiger partial charge in [0.15, 0.2) is 0 Å². The lowest BCUT2D eigenvalue weighted by Crippen LogP contribution is -2.16. The lowest BCUT2D eigenvalue weighted by Gasteiger charge is -2.24. The summed E-state index contributed by atoms with van der Waals surface area (Å²) in [4.78, 5) is 4.29. The van der Waals surface area contributed by atoms with Crippen LogP contribution in [0.1, 0.15) is 25.0 Å². The molecular formula is C20H16BrN. The molecule has 4 rings (SSSR count). The molecule has 0 saturated heterocycles. The Bertz CT molecular complexity index is 866. The van der Waals surface area contributed by atoms with Crippen LogP contribution in [-0.2, 0) is 5.41 Å². The second-order valence-electron chi connectivity index (χ2n) is 6.26. The molecule has 0 N–H and O–H groups in total. The quantitative estimate of drug-likeness (QED) is 0.539. The van der Waals surface area contributed by atoms with Gasteiger partial charge < -0.3 is 0 Å². The molecule has 22 heavy (non-hydrogen) atoms. The highest BCUT2D eigenvalue weighted by atomic mass is 79.9. The Morgan fingerprint density at radius 2 is 1.73 bits per heavy atom. The van der Waals surface area contributed by atoms with Gasteiger partial charge in [-0.2, -0.15) is 0 Å². The number of fused-ring (bicyclic) bond motifs is 3. The van der Waals surface area contributed by atoms with E-state index in [4.69, 9.17) is 0 Å². The predicted molar refractivity (Wildman–Crippen MR) is 94.9 cm³/mol. The maximum absolute atomic E-state index is 4.29. The number of pyridine rings is 1. The Balaban J connectivity index is 2.10. The highest BCUT2D eigenvalue weighted by Gasteiger charge is 2.38. The van der Waals surface area contributed by atoms with E-state index < -0.39 is 0 Å². The Morgan fingerprint density at radius 3 is 2.50 bits per heavy atom. The van der Waals surface area contributed by atoms with Crippen molar-refractivity contribution in [1.82, 2.24) is 4.98 Å². The third-order valence-corrected chi connectivity index (χ3v) is 5.28. The van der Waals surface area contributed by atoms with Gasteiger partial charge in [0.25, 0.3) is 0 Å². The molecule has 3 aromatic rings. The van der Waals surface area contributed by atoms with Crippen LogP contribution >= 0.6 is 15.9 Å². The van der Waals surface area contributed by atoms with Crippen molar-refractivity contribution >= 4 is 15.9 Å². The van der Waals surface area contributed by atoms with Gasteiger partial charge in [-0.05, 0) is 34.4 Å². The fourth-order valence-electron chi connectivity index (χ4n) is 3.63. The van der Waals surface area contributed by atoms with Crippen LogP contribution in [0.25, 0.3) is 22.3 Å². The van der Waals surface area contributed by atoms with Gasteiger partial charge in [-0.25, -0.2) is 0 Å². The summed E-state index contributed by atoms with van der Waals surface area (Å²) >= 11 is 3.76. The molecule has 1 nitrogen and oxygen atoms in total. The highest BCUT2D eigenvalue weighted by molar-refractivity contribution is 9.10. The molecule has 0 bridgehead atoms. The van der Waals surface area contributed by atoms with Gasteiger partial charge in [0.1, 0.15) is 0 Å². The van der Waals surface area contributed by atoms with Crippen molar-refractivity contribution in [3.63, 3.8) is 0 Å². The summed E-state index contributed by atoms with van der Waals surface area (Å²) < 4.78 is 1.16. The van der Waals surface area contributed by atoms with Crippen molar-refractivity contribution in [1.29, 1.82) is 0 Å². The van der Waals surface area contributed by atoms with Gasteiger partial charge in [0, 0.05) is 33.4 Å². The van der Waals surface area contributed by atoms with Crippen LogP contribution in [0.4, 0.5) is 0 Å². The third-order valence-electron chi connectivity index (χ3n) is 4.62. The molecule has 1 aliphatic carbocycles. The van der Waals surface area contributed by atoms with Crippen LogP contribution in [0.3, 0.4) is 0 Å². The number of benzene rings is 2. The van der Waals surface area contributed by atoms with Crippen molar-refractivity contribution in [2.75, 3.05) is 0 Å². The number of rotatable bonds is 1. The van der Waals surface area contributed by atoms with Crippen LogP contribution in [0, 0.1) is 0 Å². The minimum Gasteiger partial charge on any atom is -0.264 e. The van der Waals surface area contributed by atoms with Crippen LogP contribution in [0.2, 0.25) is 0 Å². The maximum Gasteiger partial charge on any atom is 0.0346 e. The zero-order chi connectivity index (χ0) is 15.3. The first kappa shape index (κ1) is 13.7. The molecule has 0 aliphatic heterocycles. The van der Waals surface area contributed by atoms with Gasteiger partial charge in [-0.3, -0.25) is 4.98 Å². The standard InChI is InChI=1S/C20H16BrN/c1-20(2)16-8-4-3-7-15(16)18-17(21)10-9-14(19(18)20)13-6-5-11-22-12-13/h3-12H,1-2H3. The number of hydrogen-bond acceptors (Lipinski definition) is 1. The van der Waals surface area contributed by atoms with E-state index in [0.29, 0.717) is 0 Å². The number of aromatic nitrogens is 1. The summed E-state index contributed by atoms with van der Waals surface area (Å²) in [6.07, 6.45) is 3.77. The second kappa shape index (κ2) is 4.79. The number of halogens is 1. The van der Waals surface area contributed by atoms with Crippen LogP contribution in [0.5, 0.6) is 0 Å². The monoisotopic (exact) mass is 349 g/mol. The van der Waals surface area contributed by atoms with Crippen molar-refractivity contribution in [2.24, 2.45) is 0 Å². The summed E-state index contributed by atoms with van der Waals surface area (Å²) in [7, 11) is 0. The van der Waals surface area contributed by atoms with E-state index in [0.717, 1.165) is 4.47 Å². The first-order chi connectivity index (χ1) is 10.6. The smallest absolute Gasteiger partial charge is 0.0346 e. The number of nitrogens with zero attached hydrogens (tertiary/aromatic N) is 1. The van der Waals surface area contributed by atoms with E-state index in [1.54, 1.807) is 0 Å². The lowest BCUT2D eigenvalue weighted by molar-refractivity contribution is 0.662. The van der Waals surface area contributed by atoms with E-state index in [9.17, 15) is 0 Å². The second-order valence-corrected chi connectivity index (χ2v) is 7.11. The molecule has 0 amide bonds. The number of hydrogen-bond donors (Lipinski definition) is 0. The van der Waals surface area contributed by atoms with E-state index in [1.165, 1.54) is 33.4 Å². The minimum absolute atomic E-state index is 0.0130. The first-order valence-corrected chi connectivity index (χ1v) is 8.23. The summed E-state index contributed by atoms with van der Waals surface area (Å²) in [5.41, 5.74) is 7.86. The topological polar surface area (TPSA) is 12.9 Å². The first-order valence-electron chi connectivity index (χ1n) is 7.44. The summed E-state index contributed by atoms with van der Waals surface area (Å²) in [5.74, 6) is 0. The molecule has 1 aliphatic rings. The Kier molecular flexibility index (Phi) is 2.98. The molecule has 1 heterocycles. The molecule has 0 spiro atoms. The van der Waals surface area contributed by atoms with Gasteiger partial charge in [0.2, 0.25) is 0 Å². The van der Waals surface area contributed by atoms with Crippen molar-refractivity contribution < 1.29 is 0 Å². The summed E-state index contributed by atoms with van der Waals surface area (Å²) in [6, 6.07) is 17.2. The van der Waals surface area contributed by atoms with Gasteiger partial charge in [-0.1, -0.05) is 66.2 Å². The van der Waals surface area contributed by atoms with E-state index >= 15 is 0 Å². The lowest BCUT2D eigenvalue weighted by atomic mass is 9.79. The minimum atomic E-state index is -0.0130. The molecule has 0 atom stereocenters. The zero-order valence-corrected chi connectivity index (χ0v) is 14.2. The summed E-state index contributed by atoms with van der Waals surface area (Å²) in [6.45, 7) is 4.62. The molecule has 1 aromatic heterocycles. The zero-order valence-electron chi connectivity index (χ0n) is 12.6. The Labute approximate surface area is 139 Å². The van der Waals surface area contributed by atoms with E-state index in [-0.39, 0.29) is 5.41 Å². The SMILES string of the molecule is CC1(C)c2ccccc2-c2c(Br)ccc(-c3cccnc3)c21. The van der Waals surface area contributed by atoms with Gasteiger partial charge in [-0.15, -0.1) is 0 Å². The van der Waals surface area contributed by atoms with E-state index in [2.05, 4.69) is 77.2 Å². The van der Waals surface area contributed by atoms with Crippen molar-refractivity contribution in [3.05, 3.63) is 76.5 Å². The average Bonchev–Trinajstić information content (AvgIpc) is 2.79. The average molecular weight is 350 g/mol. The normalized spacial score (nSPS) is 14.5.